The Kier molecular flexibility index (Phi) is 3.76. The van der Waals surface area contributed by atoms with E-state index in [2.05, 4.69) is 10.1 Å². The third-order valence-electron chi connectivity index (χ3n) is 3.65. The maximum atomic E-state index is 12.8. The second-order valence-corrected chi connectivity index (χ2v) is 5.86. The zero-order valence-corrected chi connectivity index (χ0v) is 14.2. The number of carboxylic acid groups (broad SMARTS) is 1. The van der Waals surface area contributed by atoms with Crippen molar-refractivity contribution in [3.8, 4) is 0 Å². The van der Waals surface area contributed by atoms with E-state index in [1.165, 1.54) is 32.0 Å². The van der Waals surface area contributed by atoms with Crippen LogP contribution in [0.25, 0.3) is 0 Å². The predicted octanol–water partition coefficient (Wildman–Crippen LogP) is 3.88. The molecule has 1 aromatic rings. The zero-order valence-electron chi connectivity index (χ0n) is 17.7. The molecular weight excluding hydrogens is 353 g/mol. The van der Waals surface area contributed by atoms with Crippen LogP contribution in [0.15, 0.2) is 40.7 Å². The molecule has 1 aromatic carbocycles. The van der Waals surface area contributed by atoms with Gasteiger partial charge >= 0.3 is 11.9 Å². The minimum absolute atomic E-state index is 0.00421. The van der Waals surface area contributed by atoms with Crippen molar-refractivity contribution in [2.24, 2.45) is 0 Å². The molecule has 1 heterocycles. The van der Waals surface area contributed by atoms with Crippen molar-refractivity contribution in [3.05, 3.63) is 56.3 Å². The Bertz CT molecular complexity index is 940. The third-order valence-corrected chi connectivity index (χ3v) is 4.48. The Balaban J connectivity index is 2.68. The van der Waals surface area contributed by atoms with E-state index in [4.69, 9.17) is 30.1 Å². The number of halogens is 2. The number of carbonyl (C=O) groups excluding carboxylic acids is 1. The quantitative estimate of drug-likeness (QED) is 0.782. The van der Waals surface area contributed by atoms with Gasteiger partial charge in [-0.05, 0) is 32.3 Å². The Hall–Kier alpha value is -1.98. The second kappa shape index (κ2) is 7.28. The van der Waals surface area contributed by atoms with E-state index in [-0.39, 0.29) is 38.1 Å². The molecule has 2 rings (SSSR count). The molecule has 0 bridgehead atoms. The summed E-state index contributed by atoms with van der Waals surface area (Å²) in [6.45, 7) is -3.60. The number of carboxylic acids is 1. The van der Waals surface area contributed by atoms with Gasteiger partial charge in [0.25, 0.3) is 0 Å². The maximum absolute atomic E-state index is 12.8. The fraction of sp³-hybridized carbons (Fsp3) is 0.294. The largest absolute Gasteiger partial charge is 0.478 e. The first-order valence-corrected chi connectivity index (χ1v) is 7.53. The third kappa shape index (κ3) is 3.28. The van der Waals surface area contributed by atoms with Gasteiger partial charge in [-0.2, -0.15) is 0 Å². The number of dihydropyridines is 1. The van der Waals surface area contributed by atoms with Gasteiger partial charge in [-0.25, -0.2) is 9.59 Å². The Morgan fingerprint density at radius 1 is 1.33 bits per heavy atom. The minimum atomic E-state index is -3.29. The number of esters is 1. The maximum Gasteiger partial charge on any atom is 0.336 e. The molecule has 0 radical (unpaired) electrons. The van der Waals surface area contributed by atoms with Gasteiger partial charge < -0.3 is 15.2 Å². The van der Waals surface area contributed by atoms with Gasteiger partial charge in [0.15, 0.2) is 0 Å². The molecule has 1 atom stereocenters. The standard InChI is InChI=1S/C17H17Cl2NO4/c1-4-24-17(23)13-9(3)20-8(2)12(16(21)22)14(13)10-6-5-7-11(18)15(10)19/h5-7,14,20H,4H2,1-3H3,(H,21,22)/i1D3,4D2. The Morgan fingerprint density at radius 2 is 2.00 bits per heavy atom. The van der Waals surface area contributed by atoms with E-state index >= 15 is 0 Å². The zero-order chi connectivity index (χ0) is 22.3. The molecule has 0 fully saturated rings. The number of nitrogens with one attached hydrogen (secondary N) is 1. The van der Waals surface area contributed by atoms with E-state index in [0.29, 0.717) is 0 Å². The summed E-state index contributed by atoms with van der Waals surface area (Å²) in [6, 6.07) is 4.47. The van der Waals surface area contributed by atoms with Crippen molar-refractivity contribution < 1.29 is 26.3 Å². The first-order valence-electron chi connectivity index (χ1n) is 9.28. The minimum Gasteiger partial charge on any atom is -0.478 e. The smallest absolute Gasteiger partial charge is 0.336 e. The van der Waals surface area contributed by atoms with E-state index in [1.54, 1.807) is 0 Å². The van der Waals surface area contributed by atoms with Crippen LogP contribution >= 0.6 is 23.2 Å². The average Bonchev–Trinajstić information content (AvgIpc) is 2.54. The molecule has 128 valence electrons. The van der Waals surface area contributed by atoms with Gasteiger partial charge in [0.2, 0.25) is 0 Å². The van der Waals surface area contributed by atoms with Gasteiger partial charge in [-0.3, -0.25) is 0 Å². The van der Waals surface area contributed by atoms with Crippen molar-refractivity contribution in [3.63, 3.8) is 0 Å². The van der Waals surface area contributed by atoms with E-state index in [9.17, 15) is 14.7 Å². The summed E-state index contributed by atoms with van der Waals surface area (Å²) < 4.78 is 41.4. The fourth-order valence-electron chi connectivity index (χ4n) is 2.70. The van der Waals surface area contributed by atoms with Crippen molar-refractivity contribution in [1.29, 1.82) is 0 Å². The van der Waals surface area contributed by atoms with Crippen molar-refractivity contribution in [2.75, 3.05) is 6.56 Å². The van der Waals surface area contributed by atoms with Gasteiger partial charge in [-0.15, -0.1) is 0 Å². The first-order chi connectivity index (χ1) is 13.2. The lowest BCUT2D eigenvalue weighted by molar-refractivity contribution is -0.138. The van der Waals surface area contributed by atoms with Gasteiger partial charge in [0.05, 0.1) is 36.4 Å². The van der Waals surface area contributed by atoms with Crippen LogP contribution in [-0.4, -0.2) is 23.6 Å². The van der Waals surface area contributed by atoms with Crippen LogP contribution in [0.3, 0.4) is 0 Å². The summed E-state index contributed by atoms with van der Waals surface area (Å²) in [5.74, 6) is -3.95. The molecule has 0 saturated heterocycles. The molecule has 0 amide bonds. The lowest BCUT2D eigenvalue weighted by atomic mass is 9.80. The van der Waals surface area contributed by atoms with Gasteiger partial charge in [-0.1, -0.05) is 35.3 Å². The first kappa shape index (κ1) is 12.4. The highest BCUT2D eigenvalue weighted by molar-refractivity contribution is 6.42. The molecule has 0 spiro atoms. The molecule has 1 aliphatic heterocycles. The number of aliphatic carboxylic acids is 1. The summed E-state index contributed by atoms with van der Waals surface area (Å²) in [5, 5.41) is 12.6. The number of rotatable bonds is 4. The van der Waals surface area contributed by atoms with Crippen molar-refractivity contribution in [2.45, 2.75) is 26.6 Å². The molecule has 0 saturated carbocycles. The molecular formula is C17H17Cl2NO4. The summed E-state index contributed by atoms with van der Waals surface area (Å²) in [6.07, 6.45) is 0. The van der Waals surface area contributed by atoms with Crippen LogP contribution in [0.2, 0.25) is 10.0 Å². The van der Waals surface area contributed by atoms with Crippen LogP contribution in [0.4, 0.5) is 0 Å². The predicted molar refractivity (Wildman–Crippen MR) is 92.0 cm³/mol. The molecule has 0 aromatic heterocycles. The van der Waals surface area contributed by atoms with Crippen molar-refractivity contribution in [1.82, 2.24) is 5.32 Å². The molecule has 2 N–H and O–H groups in total. The summed E-state index contributed by atoms with van der Waals surface area (Å²) in [7, 11) is 0. The number of hydrogen-bond donors (Lipinski definition) is 2. The lowest BCUT2D eigenvalue weighted by Gasteiger charge is -2.30. The average molecular weight is 375 g/mol. The van der Waals surface area contributed by atoms with E-state index < -0.39 is 31.3 Å². The second-order valence-electron chi connectivity index (χ2n) is 5.08. The molecule has 0 aliphatic carbocycles. The number of ether oxygens (including phenoxy) is 1. The number of hydrogen-bond acceptors (Lipinski definition) is 4. The Morgan fingerprint density at radius 3 is 2.62 bits per heavy atom. The van der Waals surface area contributed by atoms with Gasteiger partial charge in [0, 0.05) is 15.5 Å². The number of benzene rings is 1. The normalized spacial score (nSPS) is 21.8. The summed E-state index contributed by atoms with van der Waals surface area (Å²) >= 11 is 12.3. The van der Waals surface area contributed by atoms with Gasteiger partial charge in [0.1, 0.15) is 0 Å². The fourth-order valence-corrected chi connectivity index (χ4v) is 3.12. The molecule has 24 heavy (non-hydrogen) atoms. The van der Waals surface area contributed by atoms with E-state index in [0.717, 1.165) is 0 Å². The summed E-state index contributed by atoms with van der Waals surface area (Å²) in [4.78, 5) is 24.8. The van der Waals surface area contributed by atoms with Crippen LogP contribution in [0.5, 0.6) is 0 Å². The Labute approximate surface area is 156 Å². The highest BCUT2D eigenvalue weighted by atomic mass is 35.5. The molecule has 5 nitrogen and oxygen atoms in total. The van der Waals surface area contributed by atoms with Crippen molar-refractivity contribution >= 4 is 35.1 Å². The lowest BCUT2D eigenvalue weighted by Crippen LogP contribution is -2.32. The molecule has 1 unspecified atom stereocenters. The topological polar surface area (TPSA) is 75.6 Å². The van der Waals surface area contributed by atoms with Crippen LogP contribution in [0.1, 0.15) is 39.0 Å². The van der Waals surface area contributed by atoms with Crippen LogP contribution < -0.4 is 5.32 Å². The molecule has 1 aliphatic rings. The number of carbonyl (C=O) groups is 2. The molecule has 7 heteroatoms. The van der Waals surface area contributed by atoms with Crippen LogP contribution in [-0.2, 0) is 14.3 Å². The number of allylic oxidation sites excluding steroid dienone is 2. The highest BCUT2D eigenvalue weighted by Gasteiger charge is 2.38. The highest BCUT2D eigenvalue weighted by Crippen LogP contribution is 2.43. The van der Waals surface area contributed by atoms with E-state index in [1.807, 2.05) is 0 Å². The van der Waals surface area contributed by atoms with Crippen LogP contribution in [0, 0.1) is 0 Å². The monoisotopic (exact) mass is 374 g/mol. The SMILES string of the molecule is [2H]C([2H])([2H])C([2H])([2H])OC(=O)C1=C(C)NC(C)=C(C(=O)O)C1c1cccc(Cl)c1Cl. The summed E-state index contributed by atoms with van der Waals surface area (Å²) in [5.41, 5.74) is 0.0518.